The molecule has 0 saturated heterocycles. The summed E-state index contributed by atoms with van der Waals surface area (Å²) in [5.74, 6) is 0.264. The predicted octanol–water partition coefficient (Wildman–Crippen LogP) is 2.16. The van der Waals surface area contributed by atoms with Crippen LogP contribution < -0.4 is 4.74 Å². The van der Waals surface area contributed by atoms with Crippen LogP contribution in [0.25, 0.3) is 0 Å². The van der Waals surface area contributed by atoms with Crippen LogP contribution in [0, 0.1) is 17.0 Å². The summed E-state index contributed by atoms with van der Waals surface area (Å²) >= 11 is 0. The van der Waals surface area contributed by atoms with Gasteiger partial charge in [-0.1, -0.05) is 6.07 Å². The van der Waals surface area contributed by atoms with Crippen molar-refractivity contribution in [3.8, 4) is 5.75 Å². The van der Waals surface area contributed by atoms with Crippen LogP contribution in [0.2, 0.25) is 0 Å². The van der Waals surface area contributed by atoms with Crippen molar-refractivity contribution in [1.29, 1.82) is 0 Å². The van der Waals surface area contributed by atoms with Crippen LogP contribution in [0.15, 0.2) is 30.5 Å². The minimum absolute atomic E-state index is 0.0288. The Kier molecular flexibility index (Phi) is 3.27. The highest BCUT2D eigenvalue weighted by atomic mass is 16.6. The number of aryl methyl sites for hydroxylation is 1. The maximum atomic E-state index is 10.9. The van der Waals surface area contributed by atoms with E-state index in [0.29, 0.717) is 6.54 Å². The minimum Gasteiger partial charge on any atom is -0.490 e. The molecule has 6 heteroatoms. The summed E-state index contributed by atoms with van der Waals surface area (Å²) in [5, 5.41) is 15.1. The summed E-state index contributed by atoms with van der Waals surface area (Å²) in [6.45, 7) is 2.39. The van der Waals surface area contributed by atoms with E-state index >= 15 is 0 Å². The van der Waals surface area contributed by atoms with E-state index in [4.69, 9.17) is 4.74 Å². The third-order valence-electron chi connectivity index (χ3n) is 2.56. The van der Waals surface area contributed by atoms with E-state index in [1.165, 1.54) is 13.2 Å². The lowest BCUT2D eigenvalue weighted by Crippen LogP contribution is -2.02. The van der Waals surface area contributed by atoms with Gasteiger partial charge in [0.1, 0.15) is 0 Å². The summed E-state index contributed by atoms with van der Waals surface area (Å²) in [6, 6.07) is 6.79. The summed E-state index contributed by atoms with van der Waals surface area (Å²) < 4.78 is 6.69. The Morgan fingerprint density at radius 2 is 2.22 bits per heavy atom. The van der Waals surface area contributed by atoms with Crippen LogP contribution in [-0.2, 0) is 6.54 Å². The predicted molar refractivity (Wildman–Crippen MR) is 65.7 cm³/mol. The Hall–Kier alpha value is -2.37. The van der Waals surface area contributed by atoms with E-state index < -0.39 is 4.92 Å². The molecule has 0 radical (unpaired) electrons. The number of ether oxygens (including phenoxy) is 1. The molecule has 0 fully saturated rings. The number of hydrogen-bond donors (Lipinski definition) is 0. The Labute approximate surface area is 104 Å². The van der Waals surface area contributed by atoms with Crippen LogP contribution >= 0.6 is 0 Å². The molecule has 0 bridgehead atoms. The lowest BCUT2D eigenvalue weighted by atomic mass is 10.2. The molecule has 1 aromatic heterocycles. The number of aromatic nitrogens is 2. The Morgan fingerprint density at radius 1 is 1.44 bits per heavy atom. The maximum Gasteiger partial charge on any atom is 0.311 e. The van der Waals surface area contributed by atoms with E-state index in [1.54, 1.807) is 16.8 Å². The Morgan fingerprint density at radius 3 is 2.78 bits per heavy atom. The molecular formula is C12H13N3O3. The zero-order valence-corrected chi connectivity index (χ0v) is 10.2. The smallest absolute Gasteiger partial charge is 0.311 e. The number of nitrogens with zero attached hydrogens (tertiary/aromatic N) is 3. The fourth-order valence-corrected chi connectivity index (χ4v) is 1.71. The molecule has 94 valence electrons. The molecule has 1 aromatic carbocycles. The first-order valence-corrected chi connectivity index (χ1v) is 5.41. The van der Waals surface area contributed by atoms with Crippen molar-refractivity contribution >= 4 is 5.69 Å². The van der Waals surface area contributed by atoms with E-state index in [-0.39, 0.29) is 11.4 Å². The average molecular weight is 247 g/mol. The fourth-order valence-electron chi connectivity index (χ4n) is 1.71. The molecule has 0 aliphatic heterocycles. The molecule has 0 saturated carbocycles. The quantitative estimate of drug-likeness (QED) is 0.613. The van der Waals surface area contributed by atoms with Crippen molar-refractivity contribution in [2.45, 2.75) is 13.5 Å². The topological polar surface area (TPSA) is 70.2 Å². The standard InChI is InChI=1S/C12H13N3O3/c1-9-5-6-14(13-9)8-10-3-4-12(18-2)11(7-10)15(16)17/h3-7H,8H2,1-2H3. The van der Waals surface area contributed by atoms with Gasteiger partial charge < -0.3 is 4.74 Å². The molecular weight excluding hydrogens is 234 g/mol. The maximum absolute atomic E-state index is 10.9. The zero-order chi connectivity index (χ0) is 13.1. The Bertz CT molecular complexity index is 578. The molecule has 0 amide bonds. The van der Waals surface area contributed by atoms with Crippen LogP contribution in [0.3, 0.4) is 0 Å². The van der Waals surface area contributed by atoms with Crippen molar-refractivity contribution in [1.82, 2.24) is 9.78 Å². The van der Waals surface area contributed by atoms with Gasteiger partial charge in [-0.3, -0.25) is 14.8 Å². The van der Waals surface area contributed by atoms with Gasteiger partial charge in [-0.15, -0.1) is 0 Å². The van der Waals surface area contributed by atoms with Crippen LogP contribution in [0.5, 0.6) is 5.75 Å². The molecule has 0 aliphatic rings. The van der Waals surface area contributed by atoms with E-state index in [9.17, 15) is 10.1 Å². The van der Waals surface area contributed by atoms with Crippen molar-refractivity contribution in [2.24, 2.45) is 0 Å². The van der Waals surface area contributed by atoms with Crippen molar-refractivity contribution in [2.75, 3.05) is 7.11 Å². The number of benzene rings is 1. The van der Waals surface area contributed by atoms with Crippen molar-refractivity contribution in [3.63, 3.8) is 0 Å². The van der Waals surface area contributed by atoms with Gasteiger partial charge in [0.2, 0.25) is 0 Å². The van der Waals surface area contributed by atoms with E-state index in [0.717, 1.165) is 11.3 Å². The number of rotatable bonds is 4. The molecule has 18 heavy (non-hydrogen) atoms. The molecule has 0 aliphatic carbocycles. The third-order valence-corrected chi connectivity index (χ3v) is 2.56. The number of methoxy groups -OCH3 is 1. The molecule has 0 N–H and O–H groups in total. The molecule has 0 atom stereocenters. The average Bonchev–Trinajstić information content (AvgIpc) is 2.74. The minimum atomic E-state index is -0.448. The van der Waals surface area contributed by atoms with Crippen molar-refractivity contribution < 1.29 is 9.66 Å². The summed E-state index contributed by atoms with van der Waals surface area (Å²) in [4.78, 5) is 10.4. The lowest BCUT2D eigenvalue weighted by Gasteiger charge is -2.05. The van der Waals surface area contributed by atoms with Gasteiger partial charge in [-0.2, -0.15) is 5.10 Å². The number of nitro groups is 1. The summed E-state index contributed by atoms with van der Waals surface area (Å²) in [7, 11) is 1.42. The lowest BCUT2D eigenvalue weighted by molar-refractivity contribution is -0.385. The Balaban J connectivity index is 2.29. The van der Waals surface area contributed by atoms with Gasteiger partial charge in [0.05, 0.1) is 24.3 Å². The van der Waals surface area contributed by atoms with Gasteiger partial charge in [0.25, 0.3) is 0 Å². The van der Waals surface area contributed by atoms with Gasteiger partial charge in [-0.25, -0.2) is 0 Å². The van der Waals surface area contributed by atoms with Crippen molar-refractivity contribution in [3.05, 3.63) is 51.8 Å². The second-order valence-corrected chi connectivity index (χ2v) is 3.92. The zero-order valence-electron chi connectivity index (χ0n) is 10.2. The highest BCUT2D eigenvalue weighted by molar-refractivity contribution is 5.48. The number of hydrogen-bond acceptors (Lipinski definition) is 4. The SMILES string of the molecule is COc1ccc(Cn2ccc(C)n2)cc1[N+](=O)[O-]. The normalized spacial score (nSPS) is 10.3. The third kappa shape index (κ3) is 2.48. The highest BCUT2D eigenvalue weighted by Gasteiger charge is 2.15. The van der Waals surface area contributed by atoms with Crippen LogP contribution in [0.1, 0.15) is 11.3 Å². The highest BCUT2D eigenvalue weighted by Crippen LogP contribution is 2.27. The van der Waals surface area contributed by atoms with Gasteiger partial charge in [-0.05, 0) is 24.6 Å². The second-order valence-electron chi connectivity index (χ2n) is 3.92. The van der Waals surface area contributed by atoms with Crippen LogP contribution in [-0.4, -0.2) is 21.8 Å². The van der Waals surface area contributed by atoms with E-state index in [2.05, 4.69) is 5.10 Å². The molecule has 1 heterocycles. The van der Waals surface area contributed by atoms with Crippen LogP contribution in [0.4, 0.5) is 5.69 Å². The molecule has 0 unspecified atom stereocenters. The van der Waals surface area contributed by atoms with Gasteiger partial charge >= 0.3 is 5.69 Å². The van der Waals surface area contributed by atoms with E-state index in [1.807, 2.05) is 19.2 Å². The van der Waals surface area contributed by atoms with Gasteiger partial charge in [0.15, 0.2) is 5.75 Å². The first-order chi connectivity index (χ1) is 8.60. The number of nitro benzene ring substituents is 1. The largest absolute Gasteiger partial charge is 0.490 e. The molecule has 6 nitrogen and oxygen atoms in total. The molecule has 2 aromatic rings. The summed E-state index contributed by atoms with van der Waals surface area (Å²) in [6.07, 6.45) is 1.84. The second kappa shape index (κ2) is 4.87. The first-order valence-electron chi connectivity index (χ1n) is 5.41. The fraction of sp³-hybridized carbons (Fsp3) is 0.250. The molecule has 2 rings (SSSR count). The molecule has 0 spiro atoms. The monoisotopic (exact) mass is 247 g/mol. The summed E-state index contributed by atoms with van der Waals surface area (Å²) in [5.41, 5.74) is 1.70. The van der Waals surface area contributed by atoms with Gasteiger partial charge in [0, 0.05) is 12.3 Å². The first kappa shape index (κ1) is 12.1.